The highest BCUT2D eigenvalue weighted by molar-refractivity contribution is 7.32. The Morgan fingerprint density at radius 2 is 1.91 bits per heavy atom. The molecule has 5 N–H and O–H groups in total. The molecule has 0 bridgehead atoms. The van der Waals surface area contributed by atoms with Gasteiger partial charge in [0.05, 0.1) is 41.1 Å². The first-order valence-electron chi connectivity index (χ1n) is 14.2. The molecule has 47 heavy (non-hydrogen) atoms. The van der Waals surface area contributed by atoms with Gasteiger partial charge in [-0.3, -0.25) is 9.48 Å². The first kappa shape index (κ1) is 35.2. The number of nitrogens with zero attached hydrogens (tertiary/aromatic N) is 5. The number of methoxy groups -OCH3 is 1. The van der Waals surface area contributed by atoms with E-state index in [1.807, 2.05) is 0 Å². The topological polar surface area (TPSA) is 186 Å². The molecule has 0 saturated carbocycles. The molecular weight excluding hydrogens is 644 g/mol. The van der Waals surface area contributed by atoms with Crippen molar-refractivity contribution in [1.82, 2.24) is 30.0 Å². The summed E-state index contributed by atoms with van der Waals surface area (Å²) < 4.78 is 64.3. The van der Waals surface area contributed by atoms with E-state index in [1.54, 1.807) is 42.1 Å². The number of ether oxygens (including phenoxy) is 1. The van der Waals surface area contributed by atoms with Crippen molar-refractivity contribution in [3.05, 3.63) is 70.9 Å². The fourth-order valence-electron chi connectivity index (χ4n) is 4.56. The molecule has 14 nitrogen and oxygen atoms in total. The molecule has 0 radical (unpaired) electrons. The van der Waals surface area contributed by atoms with E-state index in [4.69, 9.17) is 19.3 Å². The molecule has 0 saturated heterocycles. The van der Waals surface area contributed by atoms with Gasteiger partial charge in [-0.2, -0.15) is 18.3 Å². The minimum Gasteiger partial charge on any atom is -0.495 e. The number of nitrogens with one attached hydrogen (secondary N) is 3. The number of rotatable bonds is 15. The molecule has 3 aromatic heterocycles. The molecule has 1 aromatic carbocycles. The molecule has 0 aliphatic carbocycles. The smallest absolute Gasteiger partial charge is 0.495 e. The summed E-state index contributed by atoms with van der Waals surface area (Å²) in [6, 6.07) is 7.95. The molecular formula is C29H33F3N8O6P+. The van der Waals surface area contributed by atoms with Gasteiger partial charge in [-0.05, 0) is 43.2 Å². The van der Waals surface area contributed by atoms with Crippen molar-refractivity contribution < 1.29 is 41.8 Å². The summed E-state index contributed by atoms with van der Waals surface area (Å²) in [5.41, 5.74) is 1.74. The summed E-state index contributed by atoms with van der Waals surface area (Å²) in [5.74, 6) is -0.349. The highest BCUT2D eigenvalue weighted by atomic mass is 31.1. The predicted octanol–water partition coefficient (Wildman–Crippen LogP) is 4.38. The molecule has 4 aromatic rings. The van der Waals surface area contributed by atoms with E-state index in [-0.39, 0.29) is 49.3 Å². The second kappa shape index (κ2) is 15.7. The Labute approximate surface area is 268 Å². The summed E-state index contributed by atoms with van der Waals surface area (Å²) in [4.78, 5) is 34.1. The first-order chi connectivity index (χ1) is 22.4. The fourth-order valence-corrected chi connectivity index (χ4v) is 4.82. The van der Waals surface area contributed by atoms with Crippen LogP contribution in [0.2, 0.25) is 0 Å². The molecule has 18 heteroatoms. The predicted molar refractivity (Wildman–Crippen MR) is 165 cm³/mol. The maximum atomic E-state index is 13.9. The minimum atomic E-state index is -4.73. The van der Waals surface area contributed by atoms with Crippen LogP contribution in [0.1, 0.15) is 39.4 Å². The molecule has 4 rings (SSSR count). The number of hydrogen-bond acceptors (Lipinski definition) is 11. The number of pyridine rings is 1. The monoisotopic (exact) mass is 677 g/mol. The van der Waals surface area contributed by atoms with Crippen LogP contribution in [-0.2, 0) is 34.8 Å². The number of halogens is 3. The third-order valence-corrected chi connectivity index (χ3v) is 7.16. The standard InChI is InChI=1S/C29H32F3N8O6P/c1-17-19(15-40(39-17)11-4-12-41)21-7-8-24(26(36-21)27(42)33-2)34-10-9-22-20(29(30,31)32)14-35-28(37-22)38-23-6-5-18(13-25(23)45-3)16-46-47(43)44/h5-8,13-15,41H,4,9-12,16H2,1-3H3,(H3-,33,34,35,37,38,42,43,44)/p+1. The Balaban J connectivity index is 1.55. The summed E-state index contributed by atoms with van der Waals surface area (Å²) in [5, 5.41) is 21.9. The van der Waals surface area contributed by atoms with Crippen molar-refractivity contribution >= 4 is 31.5 Å². The lowest BCUT2D eigenvalue weighted by atomic mass is 10.1. The van der Waals surface area contributed by atoms with E-state index in [0.717, 1.165) is 0 Å². The third kappa shape index (κ3) is 9.19. The van der Waals surface area contributed by atoms with Crippen molar-refractivity contribution in [2.45, 2.75) is 39.1 Å². The second-order valence-electron chi connectivity index (χ2n) is 10.0. The van der Waals surface area contributed by atoms with Crippen LogP contribution < -0.4 is 20.7 Å². The Hall–Kier alpha value is -4.70. The highest BCUT2D eigenvalue weighted by Gasteiger charge is 2.35. The Morgan fingerprint density at radius 1 is 1.15 bits per heavy atom. The average molecular weight is 678 g/mol. The number of carbonyl (C=O) groups excluding carboxylic acids is 1. The zero-order valence-corrected chi connectivity index (χ0v) is 26.5. The van der Waals surface area contributed by atoms with Crippen molar-refractivity contribution in [3.8, 4) is 17.0 Å². The van der Waals surface area contributed by atoms with Gasteiger partial charge in [-0.15, -0.1) is 9.42 Å². The number of hydrogen-bond donors (Lipinski definition) is 5. The van der Waals surface area contributed by atoms with E-state index < -0.39 is 25.9 Å². The number of anilines is 3. The Morgan fingerprint density at radius 3 is 2.60 bits per heavy atom. The molecule has 0 spiro atoms. The SMILES string of the molecule is CNC(=O)c1nc(-c2cn(CCCO)nc2C)ccc1NCCc1nc(Nc2ccc(CO[P+](=O)O)cc2OC)ncc1C(F)(F)F. The summed E-state index contributed by atoms with van der Waals surface area (Å²) in [6.07, 6.45) is -1.94. The van der Waals surface area contributed by atoms with E-state index in [9.17, 15) is 22.5 Å². The van der Waals surface area contributed by atoms with Gasteiger partial charge in [0.15, 0.2) is 5.69 Å². The second-order valence-corrected chi connectivity index (χ2v) is 10.8. The highest BCUT2D eigenvalue weighted by Crippen LogP contribution is 2.33. The Bertz CT molecular complexity index is 1740. The summed E-state index contributed by atoms with van der Waals surface area (Å²) >= 11 is 0. The lowest BCUT2D eigenvalue weighted by Gasteiger charge is -2.16. The van der Waals surface area contributed by atoms with Crippen LogP contribution >= 0.6 is 8.25 Å². The van der Waals surface area contributed by atoms with Gasteiger partial charge in [0, 0.05) is 55.7 Å². The van der Waals surface area contributed by atoms with E-state index >= 15 is 0 Å². The number of aliphatic hydroxyl groups excluding tert-OH is 1. The van der Waals surface area contributed by atoms with Gasteiger partial charge in [-0.1, -0.05) is 6.07 Å². The number of aryl methyl sites for hydroxylation is 2. The zero-order chi connectivity index (χ0) is 34.1. The lowest BCUT2D eigenvalue weighted by Crippen LogP contribution is -2.22. The van der Waals surface area contributed by atoms with Crippen LogP contribution in [0.15, 0.2) is 42.7 Å². The number of amides is 1. The largest absolute Gasteiger partial charge is 0.695 e. The van der Waals surface area contributed by atoms with Crippen LogP contribution in [-0.4, -0.2) is 67.9 Å². The number of aliphatic hydroxyl groups is 1. The average Bonchev–Trinajstić information content (AvgIpc) is 3.42. The Kier molecular flexibility index (Phi) is 11.8. The molecule has 250 valence electrons. The first-order valence-corrected chi connectivity index (χ1v) is 15.3. The summed E-state index contributed by atoms with van der Waals surface area (Å²) in [6.45, 7) is 2.12. The van der Waals surface area contributed by atoms with Crippen LogP contribution in [0.25, 0.3) is 11.3 Å². The van der Waals surface area contributed by atoms with Crippen molar-refractivity contribution in [2.24, 2.45) is 0 Å². The van der Waals surface area contributed by atoms with E-state index in [0.29, 0.717) is 53.1 Å². The third-order valence-electron chi connectivity index (χ3n) is 6.81. The zero-order valence-electron chi connectivity index (χ0n) is 25.6. The van der Waals surface area contributed by atoms with Gasteiger partial charge in [0.1, 0.15) is 12.4 Å². The minimum absolute atomic E-state index is 0.0162. The number of alkyl halides is 3. The normalized spacial score (nSPS) is 11.7. The van der Waals surface area contributed by atoms with Crippen molar-refractivity contribution in [2.75, 3.05) is 37.9 Å². The van der Waals surface area contributed by atoms with Crippen molar-refractivity contribution in [3.63, 3.8) is 0 Å². The fraction of sp³-hybridized carbons (Fsp3) is 0.345. The molecule has 0 aliphatic heterocycles. The maximum absolute atomic E-state index is 13.9. The molecule has 1 atom stereocenters. The van der Waals surface area contributed by atoms with Crippen LogP contribution in [0.3, 0.4) is 0 Å². The van der Waals surface area contributed by atoms with E-state index in [1.165, 1.54) is 20.2 Å². The van der Waals surface area contributed by atoms with Crippen LogP contribution in [0.4, 0.5) is 30.5 Å². The molecule has 1 amide bonds. The molecule has 0 fully saturated rings. The number of carbonyl (C=O) groups is 1. The summed E-state index contributed by atoms with van der Waals surface area (Å²) in [7, 11) is 0.0228. The lowest BCUT2D eigenvalue weighted by molar-refractivity contribution is -0.138. The van der Waals surface area contributed by atoms with E-state index in [2.05, 4.69) is 36.0 Å². The number of benzene rings is 1. The quantitative estimate of drug-likeness (QED) is 0.112. The van der Waals surface area contributed by atoms with Crippen LogP contribution in [0.5, 0.6) is 5.75 Å². The van der Waals surface area contributed by atoms with Gasteiger partial charge < -0.3 is 25.8 Å². The van der Waals surface area contributed by atoms with Gasteiger partial charge in [-0.25, -0.2) is 15.0 Å². The molecule has 3 heterocycles. The van der Waals surface area contributed by atoms with Gasteiger partial charge in [0.2, 0.25) is 5.95 Å². The van der Waals surface area contributed by atoms with Gasteiger partial charge in [0.25, 0.3) is 5.91 Å². The van der Waals surface area contributed by atoms with Crippen LogP contribution in [0, 0.1) is 6.92 Å². The molecule has 1 unspecified atom stereocenters. The molecule has 0 aliphatic rings. The van der Waals surface area contributed by atoms with Gasteiger partial charge >= 0.3 is 14.4 Å². The number of aromatic nitrogens is 5. The maximum Gasteiger partial charge on any atom is 0.695 e. The van der Waals surface area contributed by atoms with Crippen molar-refractivity contribution in [1.29, 1.82) is 0 Å².